The molecule has 0 bridgehead atoms. The first kappa shape index (κ1) is 13.5. The topological polar surface area (TPSA) is 48.0 Å². The van der Waals surface area contributed by atoms with E-state index in [4.69, 9.17) is 4.42 Å². The molecule has 0 unspecified atom stereocenters. The van der Waals surface area contributed by atoms with Crippen molar-refractivity contribution in [1.29, 1.82) is 0 Å². The van der Waals surface area contributed by atoms with Crippen LogP contribution in [0.3, 0.4) is 0 Å². The Hall–Kier alpha value is -2.15. The number of fused-ring (bicyclic) bond motifs is 3. The van der Waals surface area contributed by atoms with Gasteiger partial charge in [-0.3, -0.25) is 4.79 Å². The number of halogens is 1. The minimum atomic E-state index is -0.0201. The van der Waals surface area contributed by atoms with Gasteiger partial charge in [0.15, 0.2) is 11.3 Å². The van der Waals surface area contributed by atoms with Crippen LogP contribution in [0.2, 0.25) is 0 Å². The number of aryl methyl sites for hydroxylation is 1. The molecule has 0 amide bonds. The number of nitrogens with zero attached hydrogens (tertiary/aromatic N) is 2. The van der Waals surface area contributed by atoms with E-state index < -0.39 is 0 Å². The molecular formula is C17H11IN2O2. The van der Waals surface area contributed by atoms with E-state index in [1.807, 2.05) is 54.1 Å². The summed E-state index contributed by atoms with van der Waals surface area (Å²) in [7, 11) is 1.92. The van der Waals surface area contributed by atoms with Crippen LogP contribution in [-0.4, -0.2) is 9.55 Å². The molecule has 4 nitrogen and oxygen atoms in total. The average molecular weight is 402 g/mol. The van der Waals surface area contributed by atoms with Gasteiger partial charge in [-0.25, -0.2) is 4.98 Å². The largest absolute Gasteiger partial charge is 0.452 e. The normalized spacial score (nSPS) is 11.4. The molecular weight excluding hydrogens is 391 g/mol. The van der Waals surface area contributed by atoms with Gasteiger partial charge in [0.05, 0.1) is 17.2 Å². The van der Waals surface area contributed by atoms with Crippen molar-refractivity contribution in [1.82, 2.24) is 9.55 Å². The Bertz CT molecular complexity index is 1060. The second-order valence-electron chi connectivity index (χ2n) is 5.11. The van der Waals surface area contributed by atoms with Crippen molar-refractivity contribution in [3.8, 4) is 11.3 Å². The summed E-state index contributed by atoms with van der Waals surface area (Å²) >= 11 is 2.05. The van der Waals surface area contributed by atoms with E-state index in [0.29, 0.717) is 25.8 Å². The Balaban J connectivity index is 2.18. The summed E-state index contributed by atoms with van der Waals surface area (Å²) in [6.07, 6.45) is 1.73. The van der Waals surface area contributed by atoms with E-state index in [-0.39, 0.29) is 5.43 Å². The molecule has 0 saturated heterocycles. The first-order valence-corrected chi connectivity index (χ1v) is 7.86. The van der Waals surface area contributed by atoms with Gasteiger partial charge in [-0.2, -0.15) is 0 Å². The lowest BCUT2D eigenvalue weighted by atomic mass is 10.1. The van der Waals surface area contributed by atoms with Gasteiger partial charge < -0.3 is 8.98 Å². The van der Waals surface area contributed by atoms with Crippen LogP contribution in [-0.2, 0) is 7.05 Å². The van der Waals surface area contributed by atoms with Crippen LogP contribution in [0.5, 0.6) is 0 Å². The number of aromatic nitrogens is 2. The van der Waals surface area contributed by atoms with Gasteiger partial charge in [0.2, 0.25) is 5.43 Å². The van der Waals surface area contributed by atoms with Gasteiger partial charge in [0.25, 0.3) is 0 Å². The van der Waals surface area contributed by atoms with E-state index in [1.165, 1.54) is 0 Å². The molecule has 0 saturated carbocycles. The fraction of sp³-hybridized carbons (Fsp3) is 0.0588. The highest BCUT2D eigenvalue weighted by atomic mass is 127. The van der Waals surface area contributed by atoms with Crippen molar-refractivity contribution >= 4 is 44.6 Å². The Labute approximate surface area is 139 Å². The summed E-state index contributed by atoms with van der Waals surface area (Å²) in [6, 6.07) is 13.4. The third kappa shape index (κ3) is 1.89. The summed E-state index contributed by atoms with van der Waals surface area (Å²) in [6.45, 7) is 0. The summed E-state index contributed by atoms with van der Waals surface area (Å²) in [5.74, 6) is 0.594. The number of imidazole rings is 1. The zero-order chi connectivity index (χ0) is 15.3. The molecule has 5 heteroatoms. The lowest BCUT2D eigenvalue weighted by molar-refractivity contribution is 0.618. The molecule has 0 radical (unpaired) electrons. The first-order valence-electron chi connectivity index (χ1n) is 6.78. The Morgan fingerprint density at radius 3 is 2.68 bits per heavy atom. The van der Waals surface area contributed by atoms with Gasteiger partial charge in [-0.15, -0.1) is 0 Å². The van der Waals surface area contributed by atoms with Crippen molar-refractivity contribution < 1.29 is 4.42 Å². The van der Waals surface area contributed by atoms with Crippen LogP contribution in [0.15, 0.2) is 58.0 Å². The molecule has 108 valence electrons. The first-order chi connectivity index (χ1) is 10.7. The lowest BCUT2D eigenvalue weighted by Crippen LogP contribution is -2.07. The van der Waals surface area contributed by atoms with Gasteiger partial charge >= 0.3 is 0 Å². The minimum absolute atomic E-state index is 0.0201. The second-order valence-corrected chi connectivity index (χ2v) is 6.18. The van der Waals surface area contributed by atoms with Crippen LogP contribution < -0.4 is 5.43 Å². The van der Waals surface area contributed by atoms with Crippen molar-refractivity contribution in [2.45, 2.75) is 0 Å². The molecule has 4 rings (SSSR count). The molecule has 0 spiro atoms. The molecule has 2 aromatic carbocycles. The van der Waals surface area contributed by atoms with Crippen molar-refractivity contribution in [3.05, 3.63) is 62.6 Å². The Kier molecular flexibility index (Phi) is 3.04. The number of hydrogen-bond acceptors (Lipinski definition) is 3. The van der Waals surface area contributed by atoms with Gasteiger partial charge in [0, 0.05) is 12.6 Å². The molecule has 22 heavy (non-hydrogen) atoms. The maximum absolute atomic E-state index is 12.7. The van der Waals surface area contributed by atoms with Gasteiger partial charge in [-0.1, -0.05) is 30.3 Å². The van der Waals surface area contributed by atoms with Crippen LogP contribution in [0, 0.1) is 3.57 Å². The highest BCUT2D eigenvalue weighted by Crippen LogP contribution is 2.30. The smallest absolute Gasteiger partial charge is 0.206 e. The fourth-order valence-electron chi connectivity index (χ4n) is 2.60. The predicted molar refractivity (Wildman–Crippen MR) is 94.9 cm³/mol. The number of rotatable bonds is 1. The van der Waals surface area contributed by atoms with Crippen molar-refractivity contribution in [2.75, 3.05) is 0 Å². The molecule has 0 fully saturated rings. The highest BCUT2D eigenvalue weighted by molar-refractivity contribution is 14.1. The molecule has 0 atom stereocenters. The molecule has 0 aliphatic carbocycles. The molecule has 0 N–H and O–H groups in total. The van der Waals surface area contributed by atoms with Gasteiger partial charge in [-0.05, 0) is 34.7 Å². The van der Waals surface area contributed by atoms with Crippen LogP contribution in [0.25, 0.3) is 33.3 Å². The zero-order valence-corrected chi connectivity index (χ0v) is 13.9. The Morgan fingerprint density at radius 2 is 1.91 bits per heavy atom. The molecule has 0 aliphatic heterocycles. The minimum Gasteiger partial charge on any atom is -0.452 e. The van der Waals surface area contributed by atoms with Crippen LogP contribution in [0.1, 0.15) is 0 Å². The quantitative estimate of drug-likeness (QED) is 0.453. The standard InChI is InChI=1S/C17H11IN2O2/c1-20-9-19-14-12(20)8-7-11-15(21)13(18)16(22-17(11)14)10-5-3-2-4-6-10/h2-9H,1H3. The Morgan fingerprint density at radius 1 is 1.14 bits per heavy atom. The zero-order valence-electron chi connectivity index (χ0n) is 11.7. The predicted octanol–water partition coefficient (Wildman–Crippen LogP) is 3.95. The number of benzene rings is 2. The summed E-state index contributed by atoms with van der Waals surface area (Å²) < 4.78 is 8.60. The average Bonchev–Trinajstić information content (AvgIpc) is 2.93. The third-order valence-electron chi connectivity index (χ3n) is 3.73. The van der Waals surface area contributed by atoms with E-state index in [0.717, 1.165) is 11.1 Å². The van der Waals surface area contributed by atoms with Crippen LogP contribution >= 0.6 is 22.6 Å². The molecule has 4 aromatic rings. The lowest BCUT2D eigenvalue weighted by Gasteiger charge is -2.06. The second kappa shape index (κ2) is 4.95. The van der Waals surface area contributed by atoms with Crippen molar-refractivity contribution in [2.24, 2.45) is 7.05 Å². The molecule has 0 aliphatic rings. The molecule has 2 heterocycles. The number of hydrogen-bond donors (Lipinski definition) is 0. The van der Waals surface area contributed by atoms with E-state index in [9.17, 15) is 4.79 Å². The summed E-state index contributed by atoms with van der Waals surface area (Å²) in [4.78, 5) is 17.1. The van der Waals surface area contributed by atoms with Crippen molar-refractivity contribution in [3.63, 3.8) is 0 Å². The SMILES string of the molecule is Cn1cnc2c3oc(-c4ccccc4)c(I)c(=O)c3ccc21. The monoisotopic (exact) mass is 402 g/mol. The third-order valence-corrected chi connectivity index (χ3v) is 4.71. The van der Waals surface area contributed by atoms with E-state index in [1.54, 1.807) is 6.33 Å². The highest BCUT2D eigenvalue weighted by Gasteiger charge is 2.16. The fourth-order valence-corrected chi connectivity index (χ4v) is 3.31. The van der Waals surface area contributed by atoms with E-state index in [2.05, 4.69) is 27.6 Å². The summed E-state index contributed by atoms with van der Waals surface area (Å²) in [5.41, 5.74) is 3.07. The van der Waals surface area contributed by atoms with Gasteiger partial charge in [0.1, 0.15) is 9.09 Å². The maximum Gasteiger partial charge on any atom is 0.206 e. The van der Waals surface area contributed by atoms with Crippen LogP contribution in [0.4, 0.5) is 0 Å². The summed E-state index contributed by atoms with van der Waals surface area (Å²) in [5, 5.41) is 0.565. The van der Waals surface area contributed by atoms with E-state index >= 15 is 0 Å². The molecule has 2 aromatic heterocycles. The maximum atomic E-state index is 12.7.